The molecule has 4 rings (SSSR count). The predicted molar refractivity (Wildman–Crippen MR) is 130 cm³/mol. The van der Waals surface area contributed by atoms with E-state index in [9.17, 15) is 8.42 Å². The fourth-order valence-corrected chi connectivity index (χ4v) is 4.50. The third-order valence-corrected chi connectivity index (χ3v) is 6.14. The summed E-state index contributed by atoms with van der Waals surface area (Å²) in [4.78, 5) is 0.0126. The Balaban J connectivity index is 0.00000193. The van der Waals surface area contributed by atoms with Crippen molar-refractivity contribution in [3.05, 3.63) is 59.9 Å². The molecule has 2 heterocycles. The van der Waals surface area contributed by atoms with E-state index in [0.29, 0.717) is 29.7 Å². The van der Waals surface area contributed by atoms with E-state index in [1.165, 1.54) is 20.3 Å². The van der Waals surface area contributed by atoms with Gasteiger partial charge in [0.2, 0.25) is 0 Å². The second-order valence-electron chi connectivity index (χ2n) is 6.80. The van der Waals surface area contributed by atoms with E-state index in [2.05, 4.69) is 20.0 Å². The van der Waals surface area contributed by atoms with Crippen molar-refractivity contribution in [3.8, 4) is 11.5 Å². The zero-order valence-electron chi connectivity index (χ0n) is 17.8. The number of benzene rings is 2. The van der Waals surface area contributed by atoms with Crippen LogP contribution < -0.4 is 19.9 Å². The Labute approximate surface area is 203 Å². The first-order valence-corrected chi connectivity index (χ1v) is 10.9. The first kappa shape index (κ1) is 26.3. The molecule has 178 valence electrons. The van der Waals surface area contributed by atoms with Crippen molar-refractivity contribution in [2.45, 2.75) is 18.0 Å². The molecule has 0 saturated carbocycles. The van der Waals surface area contributed by atoms with Crippen LogP contribution in [0.25, 0.3) is 10.9 Å². The number of nitrogens with zero attached hydrogens (tertiary/aromatic N) is 3. The maximum atomic E-state index is 13.0. The van der Waals surface area contributed by atoms with Gasteiger partial charge in [0.05, 0.1) is 37.9 Å². The van der Waals surface area contributed by atoms with Crippen LogP contribution in [0.1, 0.15) is 11.1 Å². The number of nitrogens with two attached hydrogens (primary N) is 1. The molecule has 0 fully saturated rings. The smallest absolute Gasteiger partial charge is 0.266 e. The molecule has 0 unspecified atom stereocenters. The summed E-state index contributed by atoms with van der Waals surface area (Å²) in [6.07, 6.45) is 3.59. The fourth-order valence-electron chi connectivity index (χ4n) is 3.31. The van der Waals surface area contributed by atoms with Crippen LogP contribution in [0.3, 0.4) is 0 Å². The largest absolute Gasteiger partial charge is 0.496 e. The fraction of sp³-hybridized carbons (Fsp3) is 0.200. The van der Waals surface area contributed by atoms with Gasteiger partial charge in [0.1, 0.15) is 16.4 Å². The lowest BCUT2D eigenvalue weighted by Crippen LogP contribution is -2.14. The highest BCUT2D eigenvalue weighted by Crippen LogP contribution is 2.34. The molecule has 0 saturated heterocycles. The van der Waals surface area contributed by atoms with Crippen molar-refractivity contribution in [2.75, 3.05) is 18.9 Å². The van der Waals surface area contributed by atoms with Gasteiger partial charge in [0.15, 0.2) is 5.82 Å². The van der Waals surface area contributed by atoms with Gasteiger partial charge in [-0.2, -0.15) is 10.2 Å². The van der Waals surface area contributed by atoms with Gasteiger partial charge in [-0.1, -0.05) is 12.1 Å². The molecule has 2 aromatic carbocycles. The van der Waals surface area contributed by atoms with Crippen LogP contribution in [-0.4, -0.2) is 42.6 Å². The van der Waals surface area contributed by atoms with E-state index in [-0.39, 0.29) is 41.3 Å². The number of H-pyrrole nitrogens is 1. The second kappa shape index (κ2) is 10.8. The number of hydrogen-bond donors (Lipinski definition) is 3. The summed E-state index contributed by atoms with van der Waals surface area (Å²) >= 11 is 0. The maximum absolute atomic E-state index is 13.0. The molecule has 0 aliphatic heterocycles. The van der Waals surface area contributed by atoms with Crippen molar-refractivity contribution in [1.82, 2.24) is 20.0 Å². The molecular formula is C20H24Cl2N6O4S. The molecule has 0 atom stereocenters. The molecule has 13 heteroatoms. The van der Waals surface area contributed by atoms with Crippen molar-refractivity contribution < 1.29 is 17.9 Å². The monoisotopic (exact) mass is 514 g/mol. The molecule has 0 amide bonds. The van der Waals surface area contributed by atoms with E-state index in [1.807, 2.05) is 18.3 Å². The van der Waals surface area contributed by atoms with Crippen molar-refractivity contribution >= 4 is 51.6 Å². The zero-order chi connectivity index (χ0) is 22.0. The van der Waals surface area contributed by atoms with Gasteiger partial charge in [-0.25, -0.2) is 8.42 Å². The first-order chi connectivity index (χ1) is 14.9. The molecule has 2 aromatic heterocycles. The molecular weight excluding hydrogens is 491 g/mol. The van der Waals surface area contributed by atoms with Crippen molar-refractivity contribution in [3.63, 3.8) is 0 Å². The third-order valence-electron chi connectivity index (χ3n) is 4.76. The summed E-state index contributed by atoms with van der Waals surface area (Å²) in [5, 5.41) is 11.8. The molecule has 0 aliphatic carbocycles. The molecule has 0 bridgehead atoms. The third kappa shape index (κ3) is 5.33. The topological polar surface area (TPSA) is 137 Å². The molecule has 0 spiro atoms. The number of methoxy groups -OCH3 is 2. The normalized spacial score (nSPS) is 10.9. The van der Waals surface area contributed by atoms with Crippen molar-refractivity contribution in [2.24, 2.45) is 5.73 Å². The maximum Gasteiger partial charge on any atom is 0.266 e. The number of fused-ring (bicyclic) bond motifs is 1. The number of sulfonamides is 1. The molecule has 0 radical (unpaired) electrons. The number of halogens is 2. The van der Waals surface area contributed by atoms with Gasteiger partial charge in [-0.3, -0.25) is 14.5 Å². The molecule has 4 aromatic rings. The van der Waals surface area contributed by atoms with Crippen LogP contribution in [0.4, 0.5) is 5.82 Å². The van der Waals surface area contributed by atoms with Crippen LogP contribution in [-0.2, 0) is 23.1 Å². The summed E-state index contributed by atoms with van der Waals surface area (Å²) in [5.41, 5.74) is 8.10. The molecule has 33 heavy (non-hydrogen) atoms. The lowest BCUT2D eigenvalue weighted by Gasteiger charge is -2.11. The molecule has 10 nitrogen and oxygen atoms in total. The lowest BCUT2D eigenvalue weighted by molar-refractivity contribution is 0.403. The standard InChI is InChI=1S/C20H22N6O4S.2ClH/c1-29-16-5-3-4-6-18(16)31(27,28)25-20-19-15(23-24-20)7-13(8-17(19)30-2)11-26-12-14(9-21)10-22-26;;/h3-8,10,12H,9,11,21H2,1-2H3,(H2,23,24,25);2*1H. The number of nitrogens with one attached hydrogen (secondary N) is 2. The van der Waals surface area contributed by atoms with E-state index in [1.54, 1.807) is 29.1 Å². The summed E-state index contributed by atoms with van der Waals surface area (Å²) in [6.45, 7) is 0.909. The van der Waals surface area contributed by atoms with Crippen molar-refractivity contribution in [1.29, 1.82) is 0 Å². The Hall–Kier alpha value is -2.99. The number of ether oxygens (including phenoxy) is 2. The average Bonchev–Trinajstić information content (AvgIpc) is 3.39. The van der Waals surface area contributed by atoms with Crippen LogP contribution in [0.15, 0.2) is 53.7 Å². The Morgan fingerprint density at radius 2 is 1.82 bits per heavy atom. The van der Waals surface area contributed by atoms with Crippen LogP contribution >= 0.6 is 24.8 Å². The summed E-state index contributed by atoms with van der Waals surface area (Å²) in [7, 11) is -1.01. The Kier molecular flexibility index (Phi) is 8.56. The van der Waals surface area contributed by atoms with E-state index < -0.39 is 10.0 Å². The van der Waals surface area contributed by atoms with E-state index in [4.69, 9.17) is 15.2 Å². The van der Waals surface area contributed by atoms with Gasteiger partial charge in [0.25, 0.3) is 10.0 Å². The Morgan fingerprint density at radius 3 is 2.48 bits per heavy atom. The Morgan fingerprint density at radius 1 is 1.09 bits per heavy atom. The van der Waals surface area contributed by atoms with Gasteiger partial charge in [0, 0.05) is 18.3 Å². The van der Waals surface area contributed by atoms with Crippen LogP contribution in [0.5, 0.6) is 11.5 Å². The number of rotatable bonds is 8. The first-order valence-electron chi connectivity index (χ1n) is 9.37. The van der Waals surface area contributed by atoms with Gasteiger partial charge < -0.3 is 15.2 Å². The highest BCUT2D eigenvalue weighted by atomic mass is 35.5. The number of aromatic nitrogens is 4. The van der Waals surface area contributed by atoms with Crippen LogP contribution in [0.2, 0.25) is 0 Å². The van der Waals surface area contributed by atoms with E-state index in [0.717, 1.165) is 11.1 Å². The second-order valence-corrected chi connectivity index (χ2v) is 8.45. The number of para-hydroxylation sites is 1. The minimum atomic E-state index is -3.94. The SMILES string of the molecule is COc1ccccc1S(=O)(=O)Nc1n[nH]c2cc(Cn3cc(CN)cn3)cc(OC)c12.Cl.Cl. The van der Waals surface area contributed by atoms with Gasteiger partial charge >= 0.3 is 0 Å². The number of hydrogen-bond acceptors (Lipinski definition) is 7. The average molecular weight is 515 g/mol. The minimum absolute atomic E-state index is 0. The summed E-state index contributed by atoms with van der Waals surface area (Å²) < 4.78 is 40.9. The molecule has 4 N–H and O–H groups in total. The summed E-state index contributed by atoms with van der Waals surface area (Å²) in [5.74, 6) is 0.846. The van der Waals surface area contributed by atoms with Gasteiger partial charge in [-0.05, 0) is 29.8 Å². The van der Waals surface area contributed by atoms with Gasteiger partial charge in [-0.15, -0.1) is 24.8 Å². The highest BCUT2D eigenvalue weighted by Gasteiger charge is 2.23. The van der Waals surface area contributed by atoms with Crippen LogP contribution in [0, 0.1) is 0 Å². The lowest BCUT2D eigenvalue weighted by atomic mass is 10.1. The predicted octanol–water partition coefficient (Wildman–Crippen LogP) is 2.93. The molecule has 0 aliphatic rings. The number of anilines is 1. The quantitative estimate of drug-likeness (QED) is 0.328. The summed E-state index contributed by atoms with van der Waals surface area (Å²) in [6, 6.07) is 10.1. The minimum Gasteiger partial charge on any atom is -0.496 e. The zero-order valence-corrected chi connectivity index (χ0v) is 20.3. The highest BCUT2D eigenvalue weighted by molar-refractivity contribution is 7.92. The van der Waals surface area contributed by atoms with E-state index >= 15 is 0 Å². The Bertz CT molecular complexity index is 1340. The number of aromatic amines is 1.